The van der Waals surface area contributed by atoms with E-state index < -0.39 is 14.2 Å². The molecule has 0 saturated carbocycles. The number of aromatic nitrogens is 2. The average molecular weight is 487 g/mol. The van der Waals surface area contributed by atoms with Crippen LogP contribution in [0.4, 0.5) is 11.5 Å². The summed E-state index contributed by atoms with van der Waals surface area (Å²) in [6.45, 7) is 0. The summed E-state index contributed by atoms with van der Waals surface area (Å²) in [6, 6.07) is 11.8. The SMILES string of the molecule is COc1ccc(-c2csc3ncnc(Nc4ccc([As](=O)(O)O)cc4)c23)cc1OC. The predicted molar refractivity (Wildman–Crippen MR) is 116 cm³/mol. The quantitative estimate of drug-likeness (QED) is 0.356. The van der Waals surface area contributed by atoms with E-state index in [1.165, 1.54) is 29.8 Å². The van der Waals surface area contributed by atoms with Gasteiger partial charge in [-0.25, -0.2) is 0 Å². The normalized spacial score (nSPS) is 11.5. The minimum absolute atomic E-state index is 0.0214. The third-order valence-electron chi connectivity index (χ3n) is 4.53. The van der Waals surface area contributed by atoms with Crippen LogP contribution >= 0.6 is 11.3 Å². The topological polar surface area (TPSA) is 114 Å². The van der Waals surface area contributed by atoms with Crippen LogP contribution in [0.2, 0.25) is 0 Å². The molecule has 2 heterocycles. The Kier molecular flexibility index (Phi) is 5.53. The zero-order chi connectivity index (χ0) is 21.3. The van der Waals surface area contributed by atoms with Gasteiger partial charge in [-0.3, -0.25) is 0 Å². The van der Waals surface area contributed by atoms with E-state index in [1.54, 1.807) is 26.4 Å². The number of rotatable bonds is 6. The Balaban J connectivity index is 1.76. The summed E-state index contributed by atoms with van der Waals surface area (Å²) in [6.07, 6.45) is 1.48. The summed E-state index contributed by atoms with van der Waals surface area (Å²) < 4.78 is 40.9. The molecule has 8 nitrogen and oxygen atoms in total. The molecule has 0 aliphatic carbocycles. The number of anilines is 2. The molecule has 2 aromatic heterocycles. The van der Waals surface area contributed by atoms with Gasteiger partial charge < -0.3 is 4.74 Å². The van der Waals surface area contributed by atoms with Crippen LogP contribution in [0, 0.1) is 0 Å². The standard InChI is InChI=1S/C20H18AsN3O5S/c1-28-16-8-3-12(9-17(16)29-2)15-10-30-20-18(15)19(22-11-23-20)24-14-6-4-13(5-7-14)21(25,26)27/h3-11H,1-2H3,(H,22,23,24)(H2,25,26,27). The number of thiophene rings is 1. The first-order valence-electron chi connectivity index (χ1n) is 8.78. The molecule has 2 aromatic carbocycles. The number of fused-ring (bicyclic) bond motifs is 1. The van der Waals surface area contributed by atoms with E-state index in [2.05, 4.69) is 15.3 Å². The van der Waals surface area contributed by atoms with Gasteiger partial charge in [-0.1, -0.05) is 0 Å². The maximum absolute atomic E-state index is 11.4. The summed E-state index contributed by atoms with van der Waals surface area (Å²) in [5.74, 6) is 1.86. The van der Waals surface area contributed by atoms with E-state index in [0.717, 1.165) is 21.3 Å². The smallest absolute Gasteiger partial charge is 0.0777 e. The summed E-state index contributed by atoms with van der Waals surface area (Å²) in [7, 11) is 3.18. The Labute approximate surface area is 179 Å². The van der Waals surface area contributed by atoms with E-state index in [0.29, 0.717) is 23.0 Å². The van der Waals surface area contributed by atoms with E-state index in [-0.39, 0.29) is 4.35 Å². The van der Waals surface area contributed by atoms with Crippen molar-refractivity contribution in [3.05, 3.63) is 54.2 Å². The van der Waals surface area contributed by atoms with Crippen LogP contribution in [0.25, 0.3) is 21.3 Å². The van der Waals surface area contributed by atoms with Crippen molar-refractivity contribution in [1.29, 1.82) is 0 Å². The van der Waals surface area contributed by atoms with Crippen LogP contribution < -0.4 is 19.1 Å². The number of methoxy groups -OCH3 is 2. The molecule has 0 bridgehead atoms. The van der Waals surface area contributed by atoms with E-state index in [9.17, 15) is 11.9 Å². The molecule has 3 N–H and O–H groups in total. The minimum Gasteiger partial charge on any atom is 0.0777 e. The molecule has 0 spiro atoms. The van der Waals surface area contributed by atoms with Crippen LogP contribution in [0.15, 0.2) is 54.2 Å². The van der Waals surface area contributed by atoms with Gasteiger partial charge in [-0.05, 0) is 0 Å². The van der Waals surface area contributed by atoms with E-state index >= 15 is 0 Å². The zero-order valence-corrected chi connectivity index (χ0v) is 18.8. The van der Waals surface area contributed by atoms with Crippen LogP contribution in [-0.4, -0.2) is 46.6 Å². The van der Waals surface area contributed by atoms with Gasteiger partial charge in [-0.15, -0.1) is 0 Å². The van der Waals surface area contributed by atoms with Crippen molar-refractivity contribution in [3.8, 4) is 22.6 Å². The summed E-state index contributed by atoms with van der Waals surface area (Å²) >= 11 is -3.42. The summed E-state index contributed by atoms with van der Waals surface area (Å²) in [5.41, 5.74) is 2.53. The zero-order valence-electron chi connectivity index (χ0n) is 16.1. The molecule has 30 heavy (non-hydrogen) atoms. The molecular weight excluding hydrogens is 469 g/mol. The number of hydrogen-bond acceptors (Lipinski definition) is 7. The molecular formula is C20H18AsN3O5S. The van der Waals surface area contributed by atoms with Gasteiger partial charge in [0.25, 0.3) is 0 Å². The Hall–Kier alpha value is -2.84. The first-order chi connectivity index (χ1) is 14.4. The molecule has 0 amide bonds. The van der Waals surface area contributed by atoms with Crippen molar-refractivity contribution >= 4 is 51.6 Å². The van der Waals surface area contributed by atoms with Gasteiger partial charge in [0.15, 0.2) is 0 Å². The van der Waals surface area contributed by atoms with Crippen LogP contribution in [0.1, 0.15) is 0 Å². The van der Waals surface area contributed by atoms with Crippen molar-refractivity contribution in [2.75, 3.05) is 19.5 Å². The average Bonchev–Trinajstić information content (AvgIpc) is 3.18. The molecule has 154 valence electrons. The number of nitrogens with zero attached hydrogens (tertiary/aromatic N) is 2. The van der Waals surface area contributed by atoms with Gasteiger partial charge in [0.1, 0.15) is 0 Å². The summed E-state index contributed by atoms with van der Waals surface area (Å²) in [4.78, 5) is 9.56. The van der Waals surface area contributed by atoms with Crippen molar-refractivity contribution in [3.63, 3.8) is 0 Å². The third-order valence-corrected chi connectivity index (χ3v) is 7.45. The van der Waals surface area contributed by atoms with Gasteiger partial charge in [-0.2, -0.15) is 0 Å². The number of benzene rings is 2. The molecule has 0 aliphatic rings. The number of nitrogens with one attached hydrogen (secondary N) is 1. The summed E-state index contributed by atoms with van der Waals surface area (Å²) in [5, 5.41) is 6.08. The Morgan fingerprint density at radius 2 is 1.73 bits per heavy atom. The van der Waals surface area contributed by atoms with E-state index in [4.69, 9.17) is 9.47 Å². The second-order valence-electron chi connectivity index (χ2n) is 6.34. The van der Waals surface area contributed by atoms with Crippen molar-refractivity contribution in [2.24, 2.45) is 0 Å². The fourth-order valence-electron chi connectivity index (χ4n) is 3.06. The molecule has 10 heteroatoms. The molecule has 4 aromatic rings. The molecule has 0 atom stereocenters. The minimum atomic E-state index is -4.92. The molecule has 0 saturated heterocycles. The van der Waals surface area contributed by atoms with Gasteiger partial charge in [0.2, 0.25) is 0 Å². The van der Waals surface area contributed by atoms with Crippen molar-refractivity contribution < 1.29 is 21.4 Å². The van der Waals surface area contributed by atoms with Gasteiger partial charge in [0.05, 0.1) is 14.2 Å². The molecule has 0 radical (unpaired) electrons. The third kappa shape index (κ3) is 3.93. The first kappa shape index (κ1) is 20.4. The fraction of sp³-hybridized carbons (Fsp3) is 0.100. The second kappa shape index (κ2) is 8.12. The van der Waals surface area contributed by atoms with Crippen molar-refractivity contribution in [1.82, 2.24) is 9.97 Å². The van der Waals surface area contributed by atoms with Crippen molar-refractivity contribution in [2.45, 2.75) is 0 Å². The first-order valence-corrected chi connectivity index (χ1v) is 13.0. The van der Waals surface area contributed by atoms with Gasteiger partial charge in [0, 0.05) is 0 Å². The Morgan fingerprint density at radius 3 is 2.40 bits per heavy atom. The number of hydrogen-bond donors (Lipinski definition) is 3. The molecule has 0 unspecified atom stereocenters. The predicted octanol–water partition coefficient (Wildman–Crippen LogP) is 2.68. The number of ether oxygens (including phenoxy) is 2. The van der Waals surface area contributed by atoms with E-state index in [1.807, 2.05) is 23.6 Å². The maximum atomic E-state index is 11.4. The Bertz CT molecular complexity index is 1250. The van der Waals surface area contributed by atoms with Crippen LogP contribution in [0.5, 0.6) is 11.5 Å². The van der Waals surface area contributed by atoms with Crippen LogP contribution in [-0.2, 0) is 3.74 Å². The molecule has 0 aliphatic heterocycles. The Morgan fingerprint density at radius 1 is 1.00 bits per heavy atom. The molecule has 0 fully saturated rings. The molecule has 4 rings (SSSR count). The fourth-order valence-corrected chi connectivity index (χ4v) is 5.11. The monoisotopic (exact) mass is 487 g/mol. The second-order valence-corrected chi connectivity index (χ2v) is 10.6. The van der Waals surface area contributed by atoms with Crippen LogP contribution in [0.3, 0.4) is 0 Å². The van der Waals surface area contributed by atoms with Gasteiger partial charge >= 0.3 is 160 Å².